The standard InChI is InChI=1S/C14H9ClFNO3S/c1-8-2-4-13(11(6-8)17(19)20)21-12-5-3-9(16)7-10(12)14(15)18/h2-7H,1H3. The first-order chi connectivity index (χ1) is 9.88. The fraction of sp³-hybridized carbons (Fsp3) is 0.0714. The molecule has 0 bridgehead atoms. The molecule has 2 aromatic rings. The molecule has 7 heteroatoms. The maximum Gasteiger partial charge on any atom is 0.283 e. The minimum Gasteiger partial charge on any atom is -0.276 e. The Morgan fingerprint density at radius 1 is 1.24 bits per heavy atom. The number of nitro benzene ring substituents is 1. The maximum atomic E-state index is 13.2. The van der Waals surface area contributed by atoms with E-state index in [4.69, 9.17) is 11.6 Å². The van der Waals surface area contributed by atoms with Gasteiger partial charge in [-0.05, 0) is 48.4 Å². The summed E-state index contributed by atoms with van der Waals surface area (Å²) in [6, 6.07) is 8.31. The second-order valence-electron chi connectivity index (χ2n) is 4.24. The first-order valence-electron chi connectivity index (χ1n) is 5.81. The molecule has 0 amide bonds. The van der Waals surface area contributed by atoms with Crippen LogP contribution < -0.4 is 0 Å². The van der Waals surface area contributed by atoms with Crippen LogP contribution in [0.4, 0.5) is 10.1 Å². The molecule has 108 valence electrons. The van der Waals surface area contributed by atoms with Gasteiger partial charge in [-0.3, -0.25) is 14.9 Å². The minimum absolute atomic E-state index is 0.0171. The Morgan fingerprint density at radius 3 is 2.52 bits per heavy atom. The first kappa shape index (κ1) is 15.5. The molecule has 21 heavy (non-hydrogen) atoms. The zero-order valence-corrected chi connectivity index (χ0v) is 12.4. The topological polar surface area (TPSA) is 60.2 Å². The van der Waals surface area contributed by atoms with Crippen molar-refractivity contribution in [2.24, 2.45) is 0 Å². The van der Waals surface area contributed by atoms with Crippen LogP contribution in [0, 0.1) is 22.9 Å². The van der Waals surface area contributed by atoms with Crippen LogP contribution in [0.15, 0.2) is 46.2 Å². The van der Waals surface area contributed by atoms with Crippen molar-refractivity contribution in [3.05, 3.63) is 63.5 Å². The van der Waals surface area contributed by atoms with Crippen LogP contribution >= 0.6 is 23.4 Å². The number of aryl methyl sites for hydroxylation is 1. The fourth-order valence-electron chi connectivity index (χ4n) is 1.72. The van der Waals surface area contributed by atoms with Gasteiger partial charge in [0.15, 0.2) is 0 Å². The molecule has 0 atom stereocenters. The van der Waals surface area contributed by atoms with E-state index in [0.717, 1.165) is 23.4 Å². The summed E-state index contributed by atoms with van der Waals surface area (Å²) >= 11 is 6.42. The fourth-order valence-corrected chi connectivity index (χ4v) is 2.94. The summed E-state index contributed by atoms with van der Waals surface area (Å²) in [5.74, 6) is -0.596. The van der Waals surface area contributed by atoms with E-state index in [2.05, 4.69) is 0 Å². The van der Waals surface area contributed by atoms with Crippen molar-refractivity contribution >= 4 is 34.3 Å². The third-order valence-electron chi connectivity index (χ3n) is 2.68. The van der Waals surface area contributed by atoms with Crippen molar-refractivity contribution in [1.82, 2.24) is 0 Å². The largest absolute Gasteiger partial charge is 0.283 e. The summed E-state index contributed by atoms with van der Waals surface area (Å²) in [6.45, 7) is 1.74. The lowest BCUT2D eigenvalue weighted by Crippen LogP contribution is -1.96. The molecular formula is C14H9ClFNO3S. The third kappa shape index (κ3) is 3.59. The highest BCUT2D eigenvalue weighted by Crippen LogP contribution is 2.37. The summed E-state index contributed by atoms with van der Waals surface area (Å²) in [7, 11) is 0. The molecular weight excluding hydrogens is 317 g/mol. The number of nitro groups is 1. The summed E-state index contributed by atoms with van der Waals surface area (Å²) in [5, 5.41) is 10.3. The van der Waals surface area contributed by atoms with E-state index in [1.165, 1.54) is 18.2 Å². The Balaban J connectivity index is 2.48. The van der Waals surface area contributed by atoms with Gasteiger partial charge in [0.05, 0.1) is 15.4 Å². The molecule has 0 heterocycles. The van der Waals surface area contributed by atoms with Crippen LogP contribution in [0.1, 0.15) is 15.9 Å². The molecule has 0 radical (unpaired) electrons. The Morgan fingerprint density at radius 2 is 1.90 bits per heavy atom. The molecule has 0 unspecified atom stereocenters. The summed E-state index contributed by atoms with van der Waals surface area (Å²) in [5.41, 5.74) is 0.660. The van der Waals surface area contributed by atoms with Crippen molar-refractivity contribution in [3.63, 3.8) is 0 Å². The number of benzene rings is 2. The number of hydrogen-bond acceptors (Lipinski definition) is 4. The molecule has 0 aliphatic rings. The summed E-state index contributed by atoms with van der Waals surface area (Å²) < 4.78 is 13.2. The first-order valence-corrected chi connectivity index (χ1v) is 7.00. The van der Waals surface area contributed by atoms with Crippen LogP contribution in [0.5, 0.6) is 0 Å². The molecule has 0 fully saturated rings. The number of halogens is 2. The van der Waals surface area contributed by atoms with Crippen molar-refractivity contribution in [2.45, 2.75) is 16.7 Å². The third-order valence-corrected chi connectivity index (χ3v) is 4.03. The van der Waals surface area contributed by atoms with E-state index in [1.807, 2.05) is 0 Å². The van der Waals surface area contributed by atoms with Crippen LogP contribution in [0.3, 0.4) is 0 Å². The molecule has 2 rings (SSSR count). The predicted molar refractivity (Wildman–Crippen MR) is 78.5 cm³/mol. The minimum atomic E-state index is -0.813. The number of rotatable bonds is 4. The smallest absolute Gasteiger partial charge is 0.276 e. The quantitative estimate of drug-likeness (QED) is 0.469. The van der Waals surface area contributed by atoms with Crippen molar-refractivity contribution in [3.8, 4) is 0 Å². The lowest BCUT2D eigenvalue weighted by molar-refractivity contribution is -0.387. The van der Waals surface area contributed by atoms with Crippen LogP contribution in [0.2, 0.25) is 0 Å². The van der Waals surface area contributed by atoms with Crippen molar-refractivity contribution < 1.29 is 14.1 Å². The van der Waals surface area contributed by atoms with Gasteiger partial charge < -0.3 is 0 Å². The number of hydrogen-bond donors (Lipinski definition) is 0. The maximum absolute atomic E-state index is 13.2. The van der Waals surface area contributed by atoms with Crippen molar-refractivity contribution in [1.29, 1.82) is 0 Å². The molecule has 0 N–H and O–H groups in total. The number of carbonyl (C=O) groups is 1. The van der Waals surface area contributed by atoms with E-state index < -0.39 is 16.0 Å². The SMILES string of the molecule is Cc1ccc(Sc2ccc(F)cc2C(=O)Cl)c([N+](=O)[O-])c1. The lowest BCUT2D eigenvalue weighted by atomic mass is 10.2. The Hall–Kier alpha value is -1.92. The van der Waals surface area contributed by atoms with Crippen molar-refractivity contribution in [2.75, 3.05) is 0 Å². The van der Waals surface area contributed by atoms with E-state index in [0.29, 0.717) is 9.79 Å². The summed E-state index contributed by atoms with van der Waals surface area (Å²) in [4.78, 5) is 22.6. The molecule has 0 aliphatic carbocycles. The van der Waals surface area contributed by atoms with E-state index in [-0.39, 0.29) is 11.3 Å². The summed E-state index contributed by atoms with van der Waals surface area (Å²) in [6.07, 6.45) is 0. The zero-order chi connectivity index (χ0) is 15.6. The van der Waals surface area contributed by atoms with Gasteiger partial charge >= 0.3 is 0 Å². The van der Waals surface area contributed by atoms with Gasteiger partial charge in [0, 0.05) is 11.0 Å². The van der Waals surface area contributed by atoms with E-state index in [9.17, 15) is 19.3 Å². The van der Waals surface area contributed by atoms with Gasteiger partial charge in [-0.2, -0.15) is 0 Å². The molecule has 0 aromatic heterocycles. The van der Waals surface area contributed by atoms with Gasteiger partial charge in [0.2, 0.25) is 0 Å². The van der Waals surface area contributed by atoms with Gasteiger partial charge in [0.25, 0.3) is 10.9 Å². The van der Waals surface area contributed by atoms with Gasteiger partial charge in [0.1, 0.15) is 5.82 Å². The molecule has 2 aromatic carbocycles. The molecule has 0 spiro atoms. The zero-order valence-electron chi connectivity index (χ0n) is 10.8. The molecule has 0 saturated heterocycles. The normalized spacial score (nSPS) is 10.4. The number of carbonyl (C=O) groups excluding carboxylic acids is 1. The van der Waals surface area contributed by atoms with E-state index >= 15 is 0 Å². The second kappa shape index (κ2) is 6.24. The Labute approximate surface area is 129 Å². The lowest BCUT2D eigenvalue weighted by Gasteiger charge is -2.07. The number of nitrogens with zero attached hydrogens (tertiary/aromatic N) is 1. The molecule has 0 saturated carbocycles. The van der Waals surface area contributed by atoms with Gasteiger partial charge in [-0.15, -0.1) is 0 Å². The van der Waals surface area contributed by atoms with Crippen LogP contribution in [-0.4, -0.2) is 10.2 Å². The monoisotopic (exact) mass is 325 g/mol. The molecule has 0 aliphatic heterocycles. The van der Waals surface area contributed by atoms with E-state index in [1.54, 1.807) is 19.1 Å². The van der Waals surface area contributed by atoms with Gasteiger partial charge in [-0.25, -0.2) is 4.39 Å². The van der Waals surface area contributed by atoms with Crippen LogP contribution in [-0.2, 0) is 0 Å². The second-order valence-corrected chi connectivity index (χ2v) is 5.67. The average Bonchev–Trinajstić information content (AvgIpc) is 2.42. The highest BCUT2D eigenvalue weighted by atomic mass is 35.5. The Bertz CT molecular complexity index is 675. The highest BCUT2D eigenvalue weighted by molar-refractivity contribution is 7.99. The van der Waals surface area contributed by atoms with Crippen LogP contribution in [0.25, 0.3) is 0 Å². The Kier molecular flexibility index (Phi) is 4.59. The predicted octanol–water partition coefficient (Wildman–Crippen LogP) is 4.57. The molecule has 4 nitrogen and oxygen atoms in total. The van der Waals surface area contributed by atoms with Gasteiger partial charge in [-0.1, -0.05) is 17.8 Å². The highest BCUT2D eigenvalue weighted by Gasteiger charge is 2.18. The average molecular weight is 326 g/mol.